The summed E-state index contributed by atoms with van der Waals surface area (Å²) in [5, 5.41) is 20.8. The summed E-state index contributed by atoms with van der Waals surface area (Å²) in [6.07, 6.45) is 1.59. The Morgan fingerprint density at radius 3 is 2.60 bits per heavy atom. The van der Waals surface area contributed by atoms with Crippen LogP contribution in [0.2, 0.25) is 0 Å². The fraction of sp³-hybridized carbons (Fsp3) is 0.333. The molecule has 0 unspecified atom stereocenters. The number of benzene rings is 1. The number of piperidine rings is 1. The maximum atomic E-state index is 10.9. The Balaban J connectivity index is 1.97. The number of carbonyl (C=O) groups is 1. The number of rotatable bonds is 1. The normalized spacial score (nSPS) is 18.1. The SMILES string of the molecule is O=C(O)N1CCC(O)(c2ccnc3ccccc23)CC1. The molecule has 1 fully saturated rings. The van der Waals surface area contributed by atoms with Crippen LogP contribution in [0.4, 0.5) is 4.79 Å². The van der Waals surface area contributed by atoms with Crippen molar-refractivity contribution in [3.8, 4) is 0 Å². The first kappa shape index (κ1) is 12.9. The van der Waals surface area contributed by atoms with Crippen molar-refractivity contribution in [1.82, 2.24) is 9.88 Å². The molecule has 2 heterocycles. The van der Waals surface area contributed by atoms with Gasteiger partial charge in [-0.2, -0.15) is 0 Å². The fourth-order valence-corrected chi connectivity index (χ4v) is 2.84. The third-order valence-electron chi connectivity index (χ3n) is 4.01. The van der Waals surface area contributed by atoms with Gasteiger partial charge in [0.25, 0.3) is 0 Å². The largest absolute Gasteiger partial charge is 0.465 e. The van der Waals surface area contributed by atoms with Gasteiger partial charge in [-0.25, -0.2) is 4.79 Å². The number of para-hydroxylation sites is 1. The number of nitrogens with zero attached hydrogens (tertiary/aromatic N) is 2. The summed E-state index contributed by atoms with van der Waals surface area (Å²) in [6.45, 7) is 0.699. The molecule has 0 spiro atoms. The standard InChI is InChI=1S/C15H16N2O3/c18-14(19)17-9-6-15(20,7-10-17)12-5-8-16-13-4-2-1-3-11(12)13/h1-5,8,20H,6-7,9-10H2,(H,18,19). The number of aromatic nitrogens is 1. The molecule has 0 saturated carbocycles. The van der Waals surface area contributed by atoms with Crippen LogP contribution >= 0.6 is 0 Å². The van der Waals surface area contributed by atoms with Crippen molar-refractivity contribution in [2.75, 3.05) is 13.1 Å². The van der Waals surface area contributed by atoms with Gasteiger partial charge in [-0.15, -0.1) is 0 Å². The van der Waals surface area contributed by atoms with Crippen LogP contribution in [0.25, 0.3) is 10.9 Å². The van der Waals surface area contributed by atoms with E-state index in [4.69, 9.17) is 5.11 Å². The summed E-state index contributed by atoms with van der Waals surface area (Å²) in [7, 11) is 0. The number of carboxylic acid groups (broad SMARTS) is 1. The van der Waals surface area contributed by atoms with Crippen molar-refractivity contribution in [3.63, 3.8) is 0 Å². The first-order valence-electron chi connectivity index (χ1n) is 6.65. The Kier molecular flexibility index (Phi) is 3.06. The van der Waals surface area contributed by atoms with Crippen LogP contribution < -0.4 is 0 Å². The van der Waals surface area contributed by atoms with Gasteiger partial charge in [-0.3, -0.25) is 4.98 Å². The first-order chi connectivity index (χ1) is 9.60. The molecule has 2 N–H and O–H groups in total. The average Bonchev–Trinajstić information content (AvgIpc) is 2.47. The number of pyridine rings is 1. The second-order valence-corrected chi connectivity index (χ2v) is 5.18. The fourth-order valence-electron chi connectivity index (χ4n) is 2.84. The van der Waals surface area contributed by atoms with Gasteiger partial charge < -0.3 is 15.1 Å². The van der Waals surface area contributed by atoms with Crippen LogP contribution in [-0.2, 0) is 5.60 Å². The summed E-state index contributed by atoms with van der Waals surface area (Å²) >= 11 is 0. The number of likely N-dealkylation sites (tertiary alicyclic amines) is 1. The predicted octanol–water partition coefficient (Wildman–Crippen LogP) is 2.20. The molecule has 2 aromatic rings. The molecule has 0 aliphatic carbocycles. The van der Waals surface area contributed by atoms with Gasteiger partial charge in [-0.1, -0.05) is 18.2 Å². The number of hydrogen-bond acceptors (Lipinski definition) is 3. The molecule has 1 aromatic heterocycles. The lowest BCUT2D eigenvalue weighted by atomic mass is 9.83. The van der Waals surface area contributed by atoms with Gasteiger partial charge in [0.05, 0.1) is 11.1 Å². The second-order valence-electron chi connectivity index (χ2n) is 5.18. The Bertz CT molecular complexity index is 643. The van der Waals surface area contributed by atoms with Gasteiger partial charge >= 0.3 is 6.09 Å². The van der Waals surface area contributed by atoms with Gasteiger partial charge in [0.2, 0.25) is 0 Å². The highest BCUT2D eigenvalue weighted by Gasteiger charge is 2.36. The molecular formula is C15H16N2O3. The molecule has 104 valence electrons. The molecule has 0 bridgehead atoms. The summed E-state index contributed by atoms with van der Waals surface area (Å²) in [5.41, 5.74) is 0.710. The molecule has 1 saturated heterocycles. The maximum Gasteiger partial charge on any atom is 0.407 e. The van der Waals surface area contributed by atoms with Crippen molar-refractivity contribution < 1.29 is 15.0 Å². The summed E-state index contributed by atoms with van der Waals surface area (Å²) in [5.74, 6) is 0. The predicted molar refractivity (Wildman–Crippen MR) is 74.5 cm³/mol. The second kappa shape index (κ2) is 4.76. The first-order valence-corrected chi connectivity index (χ1v) is 6.65. The van der Waals surface area contributed by atoms with E-state index >= 15 is 0 Å². The van der Waals surface area contributed by atoms with Gasteiger partial charge in [0, 0.05) is 24.7 Å². The molecule has 0 atom stereocenters. The number of aliphatic hydroxyl groups is 1. The van der Waals surface area contributed by atoms with Crippen LogP contribution in [0, 0.1) is 0 Å². The minimum absolute atomic E-state index is 0.350. The van der Waals surface area contributed by atoms with E-state index in [1.54, 1.807) is 6.20 Å². The van der Waals surface area contributed by atoms with Crippen LogP contribution in [-0.4, -0.2) is 39.3 Å². The monoisotopic (exact) mass is 272 g/mol. The van der Waals surface area contributed by atoms with Crippen LogP contribution in [0.3, 0.4) is 0 Å². The van der Waals surface area contributed by atoms with Gasteiger partial charge in [-0.05, 0) is 30.5 Å². The molecular weight excluding hydrogens is 256 g/mol. The lowest BCUT2D eigenvalue weighted by molar-refractivity contribution is -0.0202. The highest BCUT2D eigenvalue weighted by molar-refractivity contribution is 5.82. The Morgan fingerprint density at radius 1 is 1.20 bits per heavy atom. The summed E-state index contributed by atoms with van der Waals surface area (Å²) in [4.78, 5) is 16.6. The molecule has 20 heavy (non-hydrogen) atoms. The van der Waals surface area contributed by atoms with Crippen LogP contribution in [0.1, 0.15) is 18.4 Å². The van der Waals surface area contributed by atoms with E-state index in [0.717, 1.165) is 16.5 Å². The third kappa shape index (κ3) is 2.10. The molecule has 1 amide bonds. The molecule has 1 aliphatic rings. The van der Waals surface area contributed by atoms with E-state index in [0.29, 0.717) is 25.9 Å². The van der Waals surface area contributed by atoms with Crippen molar-refractivity contribution in [1.29, 1.82) is 0 Å². The minimum Gasteiger partial charge on any atom is -0.465 e. The van der Waals surface area contributed by atoms with Crippen molar-refractivity contribution >= 4 is 17.0 Å². The zero-order valence-corrected chi connectivity index (χ0v) is 11.0. The van der Waals surface area contributed by atoms with Crippen LogP contribution in [0.5, 0.6) is 0 Å². The highest BCUT2D eigenvalue weighted by atomic mass is 16.4. The van der Waals surface area contributed by atoms with Gasteiger partial charge in [0.15, 0.2) is 0 Å². The Morgan fingerprint density at radius 2 is 1.90 bits per heavy atom. The molecule has 1 aromatic carbocycles. The van der Waals surface area contributed by atoms with E-state index in [9.17, 15) is 9.90 Å². The number of hydrogen-bond donors (Lipinski definition) is 2. The van der Waals surface area contributed by atoms with Crippen molar-refractivity contribution in [2.24, 2.45) is 0 Å². The van der Waals surface area contributed by atoms with Crippen molar-refractivity contribution in [3.05, 3.63) is 42.1 Å². The average molecular weight is 272 g/mol. The zero-order valence-electron chi connectivity index (χ0n) is 11.0. The molecule has 0 radical (unpaired) electrons. The van der Waals surface area contributed by atoms with E-state index in [-0.39, 0.29) is 0 Å². The molecule has 5 heteroatoms. The Labute approximate surface area is 116 Å². The topological polar surface area (TPSA) is 73.7 Å². The summed E-state index contributed by atoms with van der Waals surface area (Å²) < 4.78 is 0. The summed E-state index contributed by atoms with van der Waals surface area (Å²) in [6, 6.07) is 9.52. The zero-order chi connectivity index (χ0) is 14.2. The number of amides is 1. The lowest BCUT2D eigenvalue weighted by Gasteiger charge is -2.37. The van der Waals surface area contributed by atoms with Gasteiger partial charge in [0.1, 0.15) is 0 Å². The van der Waals surface area contributed by atoms with Crippen LogP contribution in [0.15, 0.2) is 36.5 Å². The van der Waals surface area contributed by atoms with E-state index in [1.165, 1.54) is 4.90 Å². The quantitative estimate of drug-likeness (QED) is 0.834. The Hall–Kier alpha value is -2.14. The maximum absolute atomic E-state index is 10.9. The minimum atomic E-state index is -0.978. The van der Waals surface area contributed by atoms with E-state index in [1.807, 2.05) is 30.3 Å². The van der Waals surface area contributed by atoms with E-state index in [2.05, 4.69) is 4.98 Å². The van der Waals surface area contributed by atoms with E-state index < -0.39 is 11.7 Å². The third-order valence-corrected chi connectivity index (χ3v) is 4.01. The lowest BCUT2D eigenvalue weighted by Crippen LogP contribution is -2.44. The smallest absolute Gasteiger partial charge is 0.407 e. The highest BCUT2D eigenvalue weighted by Crippen LogP contribution is 2.36. The number of fused-ring (bicyclic) bond motifs is 1. The molecule has 1 aliphatic heterocycles. The molecule has 3 rings (SSSR count). The van der Waals surface area contributed by atoms with Crippen molar-refractivity contribution in [2.45, 2.75) is 18.4 Å². The molecule has 5 nitrogen and oxygen atoms in total.